The van der Waals surface area contributed by atoms with E-state index in [9.17, 15) is 9.59 Å². The van der Waals surface area contributed by atoms with Crippen molar-refractivity contribution < 1.29 is 14.3 Å². The highest BCUT2D eigenvalue weighted by atomic mass is 16.6. The van der Waals surface area contributed by atoms with Crippen molar-refractivity contribution in [1.29, 1.82) is 0 Å². The fraction of sp³-hybridized carbons (Fsp3) is 0.636. The molecule has 0 aliphatic carbocycles. The van der Waals surface area contributed by atoms with E-state index in [1.54, 1.807) is 0 Å². The number of Topliss-reactive ketones (excluding diaryl/α,β-unsaturated/α-hetero) is 1. The van der Waals surface area contributed by atoms with E-state index in [4.69, 9.17) is 4.74 Å². The molecule has 14 heavy (non-hydrogen) atoms. The molecule has 0 aromatic heterocycles. The van der Waals surface area contributed by atoms with Crippen LogP contribution < -0.4 is 0 Å². The lowest BCUT2D eigenvalue weighted by Crippen LogP contribution is -2.17. The molecule has 0 aromatic rings. The molecule has 0 radical (unpaired) electrons. The fourth-order valence-electron chi connectivity index (χ4n) is 1.55. The maximum Gasteiger partial charge on any atom is 0.164 e. The summed E-state index contributed by atoms with van der Waals surface area (Å²) in [6, 6.07) is 0. The van der Waals surface area contributed by atoms with Crippen LogP contribution in [0.4, 0.5) is 0 Å². The molecule has 1 aliphatic heterocycles. The number of carbonyl (C=O) groups is 2. The van der Waals surface area contributed by atoms with Crippen molar-refractivity contribution in [3.8, 4) is 0 Å². The summed E-state index contributed by atoms with van der Waals surface area (Å²) in [5, 5.41) is 0. The molecule has 0 spiro atoms. The largest absolute Gasteiger partial charge is 0.358 e. The highest BCUT2D eigenvalue weighted by Gasteiger charge is 2.55. The first-order chi connectivity index (χ1) is 6.64. The number of hydrogen-bond donors (Lipinski definition) is 0. The highest BCUT2D eigenvalue weighted by molar-refractivity contribution is 5.88. The molecule has 1 heterocycles. The highest BCUT2D eigenvalue weighted by Crippen LogP contribution is 2.41. The van der Waals surface area contributed by atoms with Crippen LogP contribution >= 0.6 is 0 Å². The standard InChI is InChI=1S/C11H16O3/c1-3-4-7-11(2)10(14-11)9(13)6-5-8-12/h3,8,10H,1,4-7H2,2H3. The van der Waals surface area contributed by atoms with Crippen LogP contribution in [0.3, 0.4) is 0 Å². The van der Waals surface area contributed by atoms with E-state index in [1.807, 2.05) is 13.0 Å². The van der Waals surface area contributed by atoms with Gasteiger partial charge in [0.15, 0.2) is 5.78 Å². The van der Waals surface area contributed by atoms with Gasteiger partial charge in [0, 0.05) is 12.8 Å². The Hall–Kier alpha value is -0.960. The van der Waals surface area contributed by atoms with E-state index < -0.39 is 0 Å². The number of epoxide rings is 1. The molecule has 1 fully saturated rings. The van der Waals surface area contributed by atoms with Crippen LogP contribution in [-0.2, 0) is 14.3 Å². The minimum absolute atomic E-state index is 0.0451. The lowest BCUT2D eigenvalue weighted by Gasteiger charge is -2.02. The molecule has 0 amide bonds. The van der Waals surface area contributed by atoms with Gasteiger partial charge < -0.3 is 9.53 Å². The maximum atomic E-state index is 11.4. The summed E-state index contributed by atoms with van der Waals surface area (Å²) in [6.45, 7) is 5.55. The first-order valence-electron chi connectivity index (χ1n) is 4.89. The molecule has 0 saturated carbocycles. The van der Waals surface area contributed by atoms with E-state index in [0.29, 0.717) is 12.8 Å². The molecular formula is C11H16O3. The van der Waals surface area contributed by atoms with Crippen LogP contribution in [0.2, 0.25) is 0 Å². The number of hydrogen-bond acceptors (Lipinski definition) is 3. The van der Waals surface area contributed by atoms with Gasteiger partial charge in [-0.2, -0.15) is 0 Å². The molecule has 2 atom stereocenters. The topological polar surface area (TPSA) is 46.7 Å². The van der Waals surface area contributed by atoms with Crippen molar-refractivity contribution in [1.82, 2.24) is 0 Å². The molecule has 1 rings (SSSR count). The quantitative estimate of drug-likeness (QED) is 0.353. The second-order valence-corrected chi connectivity index (χ2v) is 3.81. The molecule has 3 heteroatoms. The van der Waals surface area contributed by atoms with Gasteiger partial charge in [-0.25, -0.2) is 0 Å². The van der Waals surface area contributed by atoms with Crippen LogP contribution in [0, 0.1) is 0 Å². The van der Waals surface area contributed by atoms with Gasteiger partial charge in [-0.1, -0.05) is 6.08 Å². The summed E-state index contributed by atoms with van der Waals surface area (Å²) >= 11 is 0. The maximum absolute atomic E-state index is 11.4. The third-order valence-electron chi connectivity index (χ3n) is 2.53. The lowest BCUT2D eigenvalue weighted by molar-refractivity contribution is -0.121. The molecule has 78 valence electrons. The van der Waals surface area contributed by atoms with E-state index in [-0.39, 0.29) is 17.5 Å². The van der Waals surface area contributed by atoms with Crippen molar-refractivity contribution in [2.24, 2.45) is 0 Å². The molecule has 0 aromatic carbocycles. The van der Waals surface area contributed by atoms with Gasteiger partial charge in [0.25, 0.3) is 0 Å². The van der Waals surface area contributed by atoms with Gasteiger partial charge in [-0.15, -0.1) is 6.58 Å². The van der Waals surface area contributed by atoms with Crippen molar-refractivity contribution in [2.45, 2.75) is 44.3 Å². The summed E-state index contributed by atoms with van der Waals surface area (Å²) in [6.07, 6.45) is 4.58. The van der Waals surface area contributed by atoms with Crippen molar-refractivity contribution in [3.05, 3.63) is 12.7 Å². The third kappa shape index (κ3) is 2.51. The summed E-state index contributed by atoms with van der Waals surface area (Å²) in [5.74, 6) is 0.0451. The minimum Gasteiger partial charge on any atom is -0.358 e. The molecule has 3 nitrogen and oxygen atoms in total. The van der Waals surface area contributed by atoms with Crippen molar-refractivity contribution in [2.75, 3.05) is 0 Å². The zero-order valence-corrected chi connectivity index (χ0v) is 8.49. The Morgan fingerprint density at radius 2 is 2.29 bits per heavy atom. The van der Waals surface area contributed by atoms with Crippen molar-refractivity contribution in [3.63, 3.8) is 0 Å². The third-order valence-corrected chi connectivity index (χ3v) is 2.53. The smallest absolute Gasteiger partial charge is 0.164 e. The van der Waals surface area contributed by atoms with Gasteiger partial charge in [-0.05, 0) is 19.8 Å². The Labute approximate surface area is 84.1 Å². The van der Waals surface area contributed by atoms with Gasteiger partial charge in [-0.3, -0.25) is 4.79 Å². The molecule has 1 aliphatic rings. The Balaban J connectivity index is 2.32. The summed E-state index contributed by atoms with van der Waals surface area (Å²) in [4.78, 5) is 21.5. The van der Waals surface area contributed by atoms with Gasteiger partial charge in [0.05, 0.1) is 0 Å². The summed E-state index contributed by atoms with van der Waals surface area (Å²) in [7, 11) is 0. The average Bonchev–Trinajstić information content (AvgIpc) is 2.85. The average molecular weight is 196 g/mol. The lowest BCUT2D eigenvalue weighted by atomic mass is 9.97. The van der Waals surface area contributed by atoms with E-state index in [2.05, 4.69) is 6.58 Å². The second-order valence-electron chi connectivity index (χ2n) is 3.81. The Bertz CT molecular complexity index is 247. The van der Waals surface area contributed by atoms with E-state index in [0.717, 1.165) is 19.1 Å². The van der Waals surface area contributed by atoms with Gasteiger partial charge in [0.1, 0.15) is 18.0 Å². The minimum atomic E-state index is -0.297. The van der Waals surface area contributed by atoms with Crippen LogP contribution in [0.5, 0.6) is 0 Å². The number of ether oxygens (including phenoxy) is 1. The Morgan fingerprint density at radius 1 is 1.57 bits per heavy atom. The molecule has 1 saturated heterocycles. The molecule has 0 bridgehead atoms. The molecule has 2 unspecified atom stereocenters. The Morgan fingerprint density at radius 3 is 2.86 bits per heavy atom. The zero-order valence-electron chi connectivity index (χ0n) is 8.49. The number of allylic oxidation sites excluding steroid dienone is 1. The van der Waals surface area contributed by atoms with E-state index >= 15 is 0 Å². The predicted molar refractivity (Wildman–Crippen MR) is 53.0 cm³/mol. The molecule has 0 N–H and O–H groups in total. The predicted octanol–water partition coefficient (Wildman–Crippen LogP) is 1.66. The number of aldehydes is 1. The van der Waals surface area contributed by atoms with Crippen LogP contribution in [0.25, 0.3) is 0 Å². The van der Waals surface area contributed by atoms with Crippen molar-refractivity contribution >= 4 is 12.1 Å². The summed E-state index contributed by atoms with van der Waals surface area (Å²) < 4.78 is 5.35. The SMILES string of the molecule is C=CCCC1(C)OC1C(=O)CCC=O. The number of carbonyl (C=O) groups excluding carboxylic acids is 2. The van der Waals surface area contributed by atoms with Crippen LogP contribution in [-0.4, -0.2) is 23.8 Å². The second kappa shape index (κ2) is 4.51. The first-order valence-corrected chi connectivity index (χ1v) is 4.89. The van der Waals surface area contributed by atoms with E-state index in [1.165, 1.54) is 0 Å². The monoisotopic (exact) mass is 196 g/mol. The first kappa shape index (κ1) is 11.1. The van der Waals surface area contributed by atoms with Crippen LogP contribution in [0.15, 0.2) is 12.7 Å². The molecular weight excluding hydrogens is 180 g/mol. The van der Waals surface area contributed by atoms with Gasteiger partial charge >= 0.3 is 0 Å². The summed E-state index contributed by atoms with van der Waals surface area (Å²) in [5.41, 5.74) is -0.297. The van der Waals surface area contributed by atoms with Crippen LogP contribution in [0.1, 0.15) is 32.6 Å². The Kier molecular flexibility index (Phi) is 3.58. The number of ketones is 1. The van der Waals surface area contributed by atoms with Gasteiger partial charge in [0.2, 0.25) is 0 Å². The normalized spacial score (nSPS) is 29.6. The fourth-order valence-corrected chi connectivity index (χ4v) is 1.55. The zero-order chi connectivity index (χ0) is 10.6. The number of rotatable bonds is 7.